The Kier molecular flexibility index (Phi) is 9.29. The zero-order valence-electron chi connectivity index (χ0n) is 17.6. The van der Waals surface area contributed by atoms with Crippen LogP contribution in [0.25, 0.3) is 0 Å². The van der Waals surface area contributed by atoms with Gasteiger partial charge >= 0.3 is 0 Å². The fraction of sp³-hybridized carbons (Fsp3) is 0.435. The van der Waals surface area contributed by atoms with E-state index in [0.29, 0.717) is 24.1 Å². The van der Waals surface area contributed by atoms with Gasteiger partial charge in [0.25, 0.3) is 5.91 Å². The first kappa shape index (κ1) is 25.1. The molecule has 2 aliphatic rings. The summed E-state index contributed by atoms with van der Waals surface area (Å²) >= 11 is 0. The fourth-order valence-corrected chi connectivity index (χ4v) is 4.48. The van der Waals surface area contributed by atoms with Crippen molar-refractivity contribution in [3.63, 3.8) is 0 Å². The second-order valence-electron chi connectivity index (χ2n) is 8.09. The summed E-state index contributed by atoms with van der Waals surface area (Å²) in [6.07, 6.45) is 9.18. The number of nitrogens with one attached hydrogen (secondary N) is 2. The number of rotatable bonds is 5. The topological polar surface area (TPSA) is 74.3 Å². The summed E-state index contributed by atoms with van der Waals surface area (Å²) in [5, 5.41) is 6.58. The van der Waals surface area contributed by atoms with Gasteiger partial charge in [-0.15, -0.1) is 24.8 Å². The molecule has 2 N–H and O–H groups in total. The normalized spacial score (nSPS) is 21.8. The third kappa shape index (κ3) is 5.97. The van der Waals surface area contributed by atoms with Gasteiger partial charge in [0.1, 0.15) is 0 Å². The molecule has 6 nitrogen and oxygen atoms in total. The van der Waals surface area contributed by atoms with Crippen LogP contribution in [0.4, 0.5) is 5.69 Å². The number of amides is 2. The van der Waals surface area contributed by atoms with E-state index in [4.69, 9.17) is 0 Å². The minimum absolute atomic E-state index is 0. The van der Waals surface area contributed by atoms with Crippen LogP contribution >= 0.6 is 24.8 Å². The molecule has 1 aromatic carbocycles. The molecule has 1 saturated heterocycles. The molecule has 2 amide bonds. The second kappa shape index (κ2) is 11.5. The standard InChI is InChI=1S/C23H28N4O2.2ClH/c1-27(23(29)17-10-12-24-13-11-17)19-8-6-16(7-9-19)15-25-22(28)21-14-18-4-2-3-5-20(18)26-21;;/h6-13,18,20-21,26H,2-5,14-15H2,1H3,(H,25,28);2*1H. The fourth-order valence-electron chi connectivity index (χ4n) is 4.48. The van der Waals surface area contributed by atoms with Crippen molar-refractivity contribution in [2.24, 2.45) is 5.92 Å². The van der Waals surface area contributed by atoms with E-state index in [2.05, 4.69) is 15.6 Å². The van der Waals surface area contributed by atoms with Crippen LogP contribution in [0.2, 0.25) is 0 Å². The summed E-state index contributed by atoms with van der Waals surface area (Å²) in [7, 11) is 1.75. The molecule has 1 aromatic heterocycles. The summed E-state index contributed by atoms with van der Waals surface area (Å²) < 4.78 is 0. The maximum Gasteiger partial charge on any atom is 0.258 e. The van der Waals surface area contributed by atoms with Gasteiger partial charge in [-0.1, -0.05) is 25.0 Å². The van der Waals surface area contributed by atoms with Gasteiger partial charge in [-0.2, -0.15) is 0 Å². The summed E-state index contributed by atoms with van der Waals surface area (Å²) in [5.74, 6) is 0.669. The number of halogens is 2. The second-order valence-corrected chi connectivity index (χ2v) is 8.09. The van der Waals surface area contributed by atoms with Crippen LogP contribution in [-0.2, 0) is 11.3 Å². The zero-order chi connectivity index (χ0) is 20.2. The Hall–Kier alpha value is -2.15. The van der Waals surface area contributed by atoms with Crippen LogP contribution in [-0.4, -0.2) is 35.9 Å². The Morgan fingerprint density at radius 3 is 2.42 bits per heavy atom. The highest BCUT2D eigenvalue weighted by molar-refractivity contribution is 6.05. The van der Waals surface area contributed by atoms with Gasteiger partial charge in [0.05, 0.1) is 6.04 Å². The predicted molar refractivity (Wildman–Crippen MR) is 127 cm³/mol. The molecule has 1 aliphatic heterocycles. The van der Waals surface area contributed by atoms with Gasteiger partial charge in [-0.3, -0.25) is 14.6 Å². The number of nitrogens with zero attached hydrogens (tertiary/aromatic N) is 2. The molecule has 2 aromatic rings. The van der Waals surface area contributed by atoms with E-state index < -0.39 is 0 Å². The number of aromatic nitrogens is 1. The first-order valence-electron chi connectivity index (χ1n) is 10.4. The lowest BCUT2D eigenvalue weighted by Crippen LogP contribution is -2.42. The van der Waals surface area contributed by atoms with Gasteiger partial charge in [0, 0.05) is 43.3 Å². The predicted octanol–water partition coefficient (Wildman–Crippen LogP) is 3.74. The average Bonchev–Trinajstić information content (AvgIpc) is 3.22. The molecule has 0 spiro atoms. The van der Waals surface area contributed by atoms with Crippen molar-refractivity contribution in [1.82, 2.24) is 15.6 Å². The SMILES string of the molecule is CN(C(=O)c1ccncc1)c1ccc(CNC(=O)C2CC3CCCCC3N2)cc1.Cl.Cl. The van der Waals surface area contributed by atoms with Gasteiger partial charge in [0.15, 0.2) is 0 Å². The molecule has 0 radical (unpaired) electrons. The van der Waals surface area contributed by atoms with E-state index in [0.717, 1.165) is 17.7 Å². The van der Waals surface area contributed by atoms with Gasteiger partial charge in [-0.25, -0.2) is 0 Å². The van der Waals surface area contributed by atoms with Gasteiger partial charge in [0.2, 0.25) is 5.91 Å². The molecular formula is C23H30Cl2N4O2. The van der Waals surface area contributed by atoms with Crippen LogP contribution in [0.1, 0.15) is 48.0 Å². The van der Waals surface area contributed by atoms with E-state index in [1.54, 1.807) is 36.5 Å². The molecular weight excluding hydrogens is 435 g/mol. The number of hydrogen-bond acceptors (Lipinski definition) is 4. The number of carbonyl (C=O) groups excluding carboxylic acids is 2. The lowest BCUT2D eigenvalue weighted by molar-refractivity contribution is -0.123. The number of carbonyl (C=O) groups is 2. The van der Waals surface area contributed by atoms with Crippen molar-refractivity contribution >= 4 is 42.3 Å². The summed E-state index contributed by atoms with van der Waals surface area (Å²) in [6, 6.07) is 11.6. The van der Waals surface area contributed by atoms with Crippen molar-refractivity contribution in [2.75, 3.05) is 11.9 Å². The highest BCUT2D eigenvalue weighted by atomic mass is 35.5. The molecule has 31 heavy (non-hydrogen) atoms. The minimum atomic E-state index is -0.0813. The molecule has 0 bridgehead atoms. The molecule has 3 unspecified atom stereocenters. The van der Waals surface area contributed by atoms with Crippen molar-refractivity contribution in [3.05, 3.63) is 59.9 Å². The van der Waals surface area contributed by atoms with E-state index in [9.17, 15) is 9.59 Å². The third-order valence-corrected chi connectivity index (χ3v) is 6.20. The smallest absolute Gasteiger partial charge is 0.258 e. The molecule has 2 fully saturated rings. The molecule has 8 heteroatoms. The van der Waals surface area contributed by atoms with Crippen LogP contribution < -0.4 is 15.5 Å². The van der Waals surface area contributed by atoms with Gasteiger partial charge in [-0.05, 0) is 55.0 Å². The molecule has 4 rings (SSSR count). The molecule has 3 atom stereocenters. The quantitative estimate of drug-likeness (QED) is 0.706. The first-order chi connectivity index (χ1) is 14.1. The van der Waals surface area contributed by atoms with Crippen LogP contribution in [0.15, 0.2) is 48.8 Å². The molecule has 1 aliphatic carbocycles. The average molecular weight is 465 g/mol. The highest BCUT2D eigenvalue weighted by Crippen LogP contribution is 2.33. The Morgan fingerprint density at radius 2 is 1.74 bits per heavy atom. The van der Waals surface area contributed by atoms with Crippen molar-refractivity contribution in [2.45, 2.75) is 50.7 Å². The van der Waals surface area contributed by atoms with Crippen molar-refractivity contribution < 1.29 is 9.59 Å². The largest absolute Gasteiger partial charge is 0.351 e. The summed E-state index contributed by atoms with van der Waals surface area (Å²) in [6.45, 7) is 0.495. The number of fused-ring (bicyclic) bond motifs is 1. The summed E-state index contributed by atoms with van der Waals surface area (Å²) in [4.78, 5) is 30.6. The molecule has 2 heterocycles. The first-order valence-corrected chi connectivity index (χ1v) is 10.4. The molecule has 168 valence electrons. The number of benzene rings is 1. The molecule has 1 saturated carbocycles. The van der Waals surface area contributed by atoms with E-state index in [-0.39, 0.29) is 42.7 Å². The Labute approximate surface area is 196 Å². The maximum atomic E-state index is 12.6. The van der Waals surface area contributed by atoms with Crippen LogP contribution in [0.3, 0.4) is 0 Å². The maximum absolute atomic E-state index is 12.6. The van der Waals surface area contributed by atoms with E-state index in [1.165, 1.54) is 25.7 Å². The van der Waals surface area contributed by atoms with Crippen LogP contribution in [0, 0.1) is 5.92 Å². The zero-order valence-corrected chi connectivity index (χ0v) is 19.3. The number of anilines is 1. The summed E-state index contributed by atoms with van der Waals surface area (Å²) in [5.41, 5.74) is 2.43. The Morgan fingerprint density at radius 1 is 1.06 bits per heavy atom. The van der Waals surface area contributed by atoms with Crippen molar-refractivity contribution in [3.8, 4) is 0 Å². The van der Waals surface area contributed by atoms with Crippen molar-refractivity contribution in [1.29, 1.82) is 0 Å². The highest BCUT2D eigenvalue weighted by Gasteiger charge is 2.37. The van der Waals surface area contributed by atoms with Crippen LogP contribution in [0.5, 0.6) is 0 Å². The van der Waals surface area contributed by atoms with Gasteiger partial charge < -0.3 is 15.5 Å². The number of hydrogen-bond donors (Lipinski definition) is 2. The van der Waals surface area contributed by atoms with E-state index >= 15 is 0 Å². The lowest BCUT2D eigenvalue weighted by Gasteiger charge is -2.24. The Bertz CT molecular complexity index is 850. The Balaban J connectivity index is 0.00000171. The number of pyridine rings is 1. The third-order valence-electron chi connectivity index (χ3n) is 6.20. The van der Waals surface area contributed by atoms with E-state index in [1.807, 2.05) is 24.3 Å². The minimum Gasteiger partial charge on any atom is -0.351 e. The monoisotopic (exact) mass is 464 g/mol. The lowest BCUT2D eigenvalue weighted by atomic mass is 9.85.